The summed E-state index contributed by atoms with van der Waals surface area (Å²) >= 11 is 0. The van der Waals surface area contributed by atoms with E-state index in [0.717, 1.165) is 12.8 Å². The summed E-state index contributed by atoms with van der Waals surface area (Å²) in [7, 11) is 0. The standard InChI is InChI=1S/C11H21NO4/c1-4-5-6-16-11(15)12-9(8(2)3)7-10(13)14/h8-9H,4-7H2,1-3H3,(H,12,15)(H,13,14). The van der Waals surface area contributed by atoms with Gasteiger partial charge in [-0.3, -0.25) is 4.79 Å². The van der Waals surface area contributed by atoms with Crippen molar-refractivity contribution >= 4 is 12.1 Å². The molecule has 1 amide bonds. The number of carbonyl (C=O) groups is 2. The Morgan fingerprint density at radius 2 is 2.00 bits per heavy atom. The lowest BCUT2D eigenvalue weighted by atomic mass is 10.0. The first-order chi connectivity index (χ1) is 7.47. The molecular weight excluding hydrogens is 210 g/mol. The van der Waals surface area contributed by atoms with Crippen molar-refractivity contribution in [3.8, 4) is 0 Å². The molecule has 0 bridgehead atoms. The van der Waals surface area contributed by atoms with Crippen molar-refractivity contribution in [2.45, 2.75) is 46.1 Å². The van der Waals surface area contributed by atoms with E-state index in [2.05, 4.69) is 5.32 Å². The minimum atomic E-state index is -0.924. The van der Waals surface area contributed by atoms with E-state index < -0.39 is 12.1 Å². The van der Waals surface area contributed by atoms with Gasteiger partial charge in [-0.25, -0.2) is 4.79 Å². The molecule has 0 spiro atoms. The normalized spacial score (nSPS) is 12.2. The summed E-state index contributed by atoms with van der Waals surface area (Å²) in [6, 6.07) is -0.383. The number of carboxylic acid groups (broad SMARTS) is 1. The van der Waals surface area contributed by atoms with Crippen LogP contribution in [0.25, 0.3) is 0 Å². The van der Waals surface area contributed by atoms with Crippen molar-refractivity contribution in [2.75, 3.05) is 6.61 Å². The number of carbonyl (C=O) groups excluding carboxylic acids is 1. The van der Waals surface area contributed by atoms with Gasteiger partial charge in [0.25, 0.3) is 0 Å². The number of aliphatic carboxylic acids is 1. The van der Waals surface area contributed by atoms with E-state index >= 15 is 0 Å². The van der Waals surface area contributed by atoms with Gasteiger partial charge >= 0.3 is 12.1 Å². The Labute approximate surface area is 96.2 Å². The Morgan fingerprint density at radius 1 is 1.38 bits per heavy atom. The molecule has 5 nitrogen and oxygen atoms in total. The molecule has 5 heteroatoms. The van der Waals surface area contributed by atoms with Crippen LogP contribution in [-0.4, -0.2) is 29.8 Å². The van der Waals surface area contributed by atoms with E-state index in [1.54, 1.807) is 0 Å². The number of carboxylic acids is 1. The maximum atomic E-state index is 11.3. The highest BCUT2D eigenvalue weighted by Gasteiger charge is 2.19. The molecule has 16 heavy (non-hydrogen) atoms. The number of alkyl carbamates (subject to hydrolysis) is 1. The fourth-order valence-corrected chi connectivity index (χ4v) is 1.14. The summed E-state index contributed by atoms with van der Waals surface area (Å²) in [5.41, 5.74) is 0. The maximum Gasteiger partial charge on any atom is 0.407 e. The molecule has 0 saturated heterocycles. The fraction of sp³-hybridized carbons (Fsp3) is 0.818. The molecule has 0 aliphatic carbocycles. The van der Waals surface area contributed by atoms with Crippen molar-refractivity contribution in [1.29, 1.82) is 0 Å². The molecular formula is C11H21NO4. The first-order valence-corrected chi connectivity index (χ1v) is 5.62. The molecule has 0 fully saturated rings. The maximum absolute atomic E-state index is 11.3. The van der Waals surface area contributed by atoms with Crippen molar-refractivity contribution in [3.05, 3.63) is 0 Å². The summed E-state index contributed by atoms with van der Waals surface area (Å²) in [5.74, 6) is -0.859. The van der Waals surface area contributed by atoms with Gasteiger partial charge in [0, 0.05) is 6.04 Å². The first kappa shape index (κ1) is 14.7. The number of unbranched alkanes of at least 4 members (excludes halogenated alkanes) is 1. The highest BCUT2D eigenvalue weighted by atomic mass is 16.5. The largest absolute Gasteiger partial charge is 0.481 e. The van der Waals surface area contributed by atoms with E-state index in [-0.39, 0.29) is 18.4 Å². The van der Waals surface area contributed by atoms with Crippen molar-refractivity contribution < 1.29 is 19.4 Å². The monoisotopic (exact) mass is 231 g/mol. The molecule has 0 aliphatic heterocycles. The second-order valence-corrected chi connectivity index (χ2v) is 4.08. The summed E-state index contributed by atoms with van der Waals surface area (Å²) in [4.78, 5) is 21.9. The Bertz CT molecular complexity index is 228. The molecule has 1 unspecified atom stereocenters. The Kier molecular flexibility index (Phi) is 7.33. The van der Waals surface area contributed by atoms with Crippen molar-refractivity contribution in [3.63, 3.8) is 0 Å². The lowest BCUT2D eigenvalue weighted by molar-refractivity contribution is -0.137. The molecule has 0 rings (SSSR count). The minimum absolute atomic E-state index is 0.0647. The summed E-state index contributed by atoms with van der Waals surface area (Å²) in [6.45, 7) is 6.10. The smallest absolute Gasteiger partial charge is 0.407 e. The van der Waals surface area contributed by atoms with Crippen LogP contribution in [0.5, 0.6) is 0 Å². The van der Waals surface area contributed by atoms with Gasteiger partial charge < -0.3 is 15.2 Å². The average molecular weight is 231 g/mol. The molecule has 1 atom stereocenters. The highest BCUT2D eigenvalue weighted by molar-refractivity contribution is 5.71. The summed E-state index contributed by atoms with van der Waals surface area (Å²) in [5, 5.41) is 11.2. The highest BCUT2D eigenvalue weighted by Crippen LogP contribution is 2.06. The van der Waals surface area contributed by atoms with Gasteiger partial charge in [0.1, 0.15) is 0 Å². The van der Waals surface area contributed by atoms with Gasteiger partial charge in [-0.05, 0) is 12.3 Å². The number of nitrogens with one attached hydrogen (secondary N) is 1. The van der Waals surface area contributed by atoms with Gasteiger partial charge in [-0.2, -0.15) is 0 Å². The van der Waals surface area contributed by atoms with E-state index in [1.165, 1.54) is 0 Å². The van der Waals surface area contributed by atoms with Crippen LogP contribution >= 0.6 is 0 Å². The van der Waals surface area contributed by atoms with Crippen LogP contribution in [0, 0.1) is 5.92 Å². The zero-order chi connectivity index (χ0) is 12.6. The summed E-state index contributed by atoms with van der Waals surface area (Å²) < 4.78 is 4.90. The Balaban J connectivity index is 3.98. The van der Waals surface area contributed by atoms with Crippen LogP contribution in [0.1, 0.15) is 40.0 Å². The number of amides is 1. The zero-order valence-electron chi connectivity index (χ0n) is 10.2. The van der Waals surface area contributed by atoms with Crippen LogP contribution in [0.2, 0.25) is 0 Å². The van der Waals surface area contributed by atoms with E-state index in [4.69, 9.17) is 9.84 Å². The molecule has 0 aromatic rings. The molecule has 0 aromatic heterocycles. The quantitative estimate of drug-likeness (QED) is 0.657. The zero-order valence-corrected chi connectivity index (χ0v) is 10.2. The van der Waals surface area contributed by atoms with Crippen LogP contribution in [0.3, 0.4) is 0 Å². The third kappa shape index (κ3) is 7.09. The topological polar surface area (TPSA) is 75.6 Å². The fourth-order valence-electron chi connectivity index (χ4n) is 1.14. The van der Waals surface area contributed by atoms with Gasteiger partial charge in [0.05, 0.1) is 13.0 Å². The van der Waals surface area contributed by atoms with Crippen molar-refractivity contribution in [1.82, 2.24) is 5.32 Å². The SMILES string of the molecule is CCCCOC(=O)NC(CC(=O)O)C(C)C. The lowest BCUT2D eigenvalue weighted by Crippen LogP contribution is -2.40. The third-order valence-electron chi connectivity index (χ3n) is 2.23. The van der Waals surface area contributed by atoms with Crippen molar-refractivity contribution in [2.24, 2.45) is 5.92 Å². The van der Waals surface area contributed by atoms with E-state index in [1.807, 2.05) is 20.8 Å². The van der Waals surface area contributed by atoms with Gasteiger partial charge in [0.15, 0.2) is 0 Å². The molecule has 0 aromatic carbocycles. The molecule has 0 saturated carbocycles. The lowest BCUT2D eigenvalue weighted by Gasteiger charge is -2.20. The van der Waals surface area contributed by atoms with Crippen LogP contribution in [-0.2, 0) is 9.53 Å². The average Bonchev–Trinajstić information content (AvgIpc) is 2.16. The van der Waals surface area contributed by atoms with Gasteiger partial charge in [-0.1, -0.05) is 27.2 Å². The molecule has 2 N–H and O–H groups in total. The van der Waals surface area contributed by atoms with Crippen LogP contribution in [0.15, 0.2) is 0 Å². The Hall–Kier alpha value is -1.26. The minimum Gasteiger partial charge on any atom is -0.481 e. The van der Waals surface area contributed by atoms with Crippen LogP contribution in [0.4, 0.5) is 4.79 Å². The van der Waals surface area contributed by atoms with E-state index in [0.29, 0.717) is 6.61 Å². The molecule has 0 heterocycles. The number of ether oxygens (including phenoxy) is 1. The molecule has 0 radical (unpaired) electrons. The predicted molar refractivity (Wildman–Crippen MR) is 60.3 cm³/mol. The second kappa shape index (κ2) is 7.96. The number of hydrogen-bond donors (Lipinski definition) is 2. The van der Waals surface area contributed by atoms with Crippen LogP contribution < -0.4 is 5.32 Å². The number of rotatable bonds is 7. The Morgan fingerprint density at radius 3 is 2.44 bits per heavy atom. The van der Waals surface area contributed by atoms with Gasteiger partial charge in [0.2, 0.25) is 0 Å². The first-order valence-electron chi connectivity index (χ1n) is 5.62. The number of hydrogen-bond acceptors (Lipinski definition) is 3. The van der Waals surface area contributed by atoms with Gasteiger partial charge in [-0.15, -0.1) is 0 Å². The molecule has 0 aliphatic rings. The summed E-state index contributed by atoms with van der Waals surface area (Å²) in [6.07, 6.45) is 1.16. The molecule has 94 valence electrons. The third-order valence-corrected chi connectivity index (χ3v) is 2.23. The predicted octanol–water partition coefficient (Wildman–Crippen LogP) is 2.01. The second-order valence-electron chi connectivity index (χ2n) is 4.08. The van der Waals surface area contributed by atoms with E-state index in [9.17, 15) is 9.59 Å².